The van der Waals surface area contributed by atoms with Gasteiger partial charge in [0.15, 0.2) is 0 Å². The van der Waals surface area contributed by atoms with Crippen LogP contribution in [-0.4, -0.2) is 0 Å². The van der Waals surface area contributed by atoms with Crippen molar-refractivity contribution in [2.75, 3.05) is 0 Å². The number of hydrogen-bond acceptors (Lipinski definition) is 0. The van der Waals surface area contributed by atoms with Crippen LogP contribution in [0.3, 0.4) is 0 Å². The fourth-order valence-electron chi connectivity index (χ4n) is 1.49. The van der Waals surface area contributed by atoms with Crippen LogP contribution in [0.1, 0.15) is 59.8 Å². The summed E-state index contributed by atoms with van der Waals surface area (Å²) in [6.45, 7) is 9.12. The normalized spacial score (nSPS) is 14.8. The average molecular weight is 168 g/mol. The van der Waals surface area contributed by atoms with Crippen LogP contribution in [0.4, 0.5) is 0 Å². The maximum atomic E-state index is 2.41. The van der Waals surface area contributed by atoms with E-state index >= 15 is 0 Å². The second-order valence-electron chi connectivity index (χ2n) is 3.74. The van der Waals surface area contributed by atoms with Gasteiger partial charge in [0.2, 0.25) is 0 Å². The largest absolute Gasteiger partial charge is 0.0856 e. The van der Waals surface area contributed by atoms with Gasteiger partial charge in [-0.05, 0) is 25.2 Å². The van der Waals surface area contributed by atoms with E-state index in [1.807, 2.05) is 0 Å². The highest BCUT2D eigenvalue weighted by molar-refractivity contribution is 5.02. The molecular formula is C12H24. The standard InChI is InChI=1S/C12H24/c1-5-8-12(9-6-2)10-11(4)7-3/h8,11H,5-7,9-10H2,1-4H3. The molecule has 0 saturated heterocycles. The maximum absolute atomic E-state index is 2.41. The van der Waals surface area contributed by atoms with Gasteiger partial charge in [0.1, 0.15) is 0 Å². The summed E-state index contributed by atoms with van der Waals surface area (Å²) in [5, 5.41) is 0. The van der Waals surface area contributed by atoms with Gasteiger partial charge in [0.25, 0.3) is 0 Å². The summed E-state index contributed by atoms with van der Waals surface area (Å²) in [5.41, 5.74) is 1.68. The molecule has 0 aliphatic rings. The first kappa shape index (κ1) is 11.7. The molecule has 0 aromatic carbocycles. The van der Waals surface area contributed by atoms with Gasteiger partial charge >= 0.3 is 0 Å². The molecule has 1 atom stereocenters. The van der Waals surface area contributed by atoms with Gasteiger partial charge in [0, 0.05) is 0 Å². The molecule has 0 amide bonds. The summed E-state index contributed by atoms with van der Waals surface area (Å²) in [4.78, 5) is 0. The summed E-state index contributed by atoms with van der Waals surface area (Å²) in [7, 11) is 0. The molecule has 0 rings (SSSR count). The minimum Gasteiger partial charge on any atom is -0.0856 e. The third kappa shape index (κ3) is 5.40. The lowest BCUT2D eigenvalue weighted by atomic mass is 9.95. The van der Waals surface area contributed by atoms with Crippen molar-refractivity contribution in [1.29, 1.82) is 0 Å². The molecule has 12 heavy (non-hydrogen) atoms. The summed E-state index contributed by atoms with van der Waals surface area (Å²) in [6, 6.07) is 0. The molecule has 0 spiro atoms. The number of rotatable bonds is 6. The van der Waals surface area contributed by atoms with Gasteiger partial charge in [-0.2, -0.15) is 0 Å². The molecule has 0 aromatic heterocycles. The van der Waals surface area contributed by atoms with Crippen LogP contribution in [0, 0.1) is 5.92 Å². The van der Waals surface area contributed by atoms with Gasteiger partial charge in [-0.25, -0.2) is 0 Å². The lowest BCUT2D eigenvalue weighted by Gasteiger charge is -2.11. The summed E-state index contributed by atoms with van der Waals surface area (Å²) in [5.74, 6) is 0.870. The van der Waals surface area contributed by atoms with E-state index in [9.17, 15) is 0 Å². The van der Waals surface area contributed by atoms with Crippen LogP contribution in [0.25, 0.3) is 0 Å². The zero-order valence-corrected chi connectivity index (χ0v) is 9.19. The zero-order chi connectivity index (χ0) is 9.40. The minimum atomic E-state index is 0.870. The first-order valence-electron chi connectivity index (χ1n) is 5.42. The van der Waals surface area contributed by atoms with Crippen LogP contribution in [-0.2, 0) is 0 Å². The molecule has 0 radical (unpaired) electrons. The molecule has 0 heterocycles. The Balaban J connectivity index is 3.86. The Hall–Kier alpha value is -0.260. The van der Waals surface area contributed by atoms with E-state index in [4.69, 9.17) is 0 Å². The van der Waals surface area contributed by atoms with Gasteiger partial charge in [0.05, 0.1) is 0 Å². The van der Waals surface area contributed by atoms with Crippen molar-refractivity contribution < 1.29 is 0 Å². The van der Waals surface area contributed by atoms with E-state index in [0.29, 0.717) is 0 Å². The Bertz CT molecular complexity index is 122. The van der Waals surface area contributed by atoms with Crippen molar-refractivity contribution in [3.8, 4) is 0 Å². The smallest absolute Gasteiger partial charge is 0.0295 e. The van der Waals surface area contributed by atoms with Gasteiger partial charge in [-0.15, -0.1) is 0 Å². The Morgan fingerprint density at radius 1 is 1.25 bits per heavy atom. The summed E-state index contributed by atoms with van der Waals surface area (Å²) < 4.78 is 0. The molecular weight excluding hydrogens is 144 g/mol. The monoisotopic (exact) mass is 168 g/mol. The quantitative estimate of drug-likeness (QED) is 0.510. The van der Waals surface area contributed by atoms with Crippen LogP contribution in [0.5, 0.6) is 0 Å². The van der Waals surface area contributed by atoms with Crippen LogP contribution < -0.4 is 0 Å². The van der Waals surface area contributed by atoms with Crippen molar-refractivity contribution in [1.82, 2.24) is 0 Å². The molecule has 0 heteroatoms. The lowest BCUT2D eigenvalue weighted by Crippen LogP contribution is -1.95. The predicted octanol–water partition coefficient (Wildman–Crippen LogP) is 4.56. The van der Waals surface area contributed by atoms with E-state index in [-0.39, 0.29) is 0 Å². The molecule has 1 unspecified atom stereocenters. The third-order valence-electron chi connectivity index (χ3n) is 2.37. The Kier molecular flexibility index (Phi) is 7.23. The average Bonchev–Trinajstić information content (AvgIpc) is 2.05. The first-order chi connectivity index (χ1) is 5.74. The van der Waals surface area contributed by atoms with Crippen LogP contribution >= 0.6 is 0 Å². The second-order valence-corrected chi connectivity index (χ2v) is 3.74. The number of hydrogen-bond donors (Lipinski definition) is 0. The lowest BCUT2D eigenvalue weighted by molar-refractivity contribution is 0.544. The molecule has 0 bridgehead atoms. The minimum absolute atomic E-state index is 0.870. The zero-order valence-electron chi connectivity index (χ0n) is 9.19. The summed E-state index contributed by atoms with van der Waals surface area (Å²) in [6.07, 6.45) is 8.84. The maximum Gasteiger partial charge on any atom is -0.0295 e. The van der Waals surface area contributed by atoms with Crippen molar-refractivity contribution >= 4 is 0 Å². The SMILES string of the molecule is CCC=C(CCC)CC(C)CC. The Morgan fingerprint density at radius 3 is 2.33 bits per heavy atom. The highest BCUT2D eigenvalue weighted by Gasteiger charge is 2.02. The topological polar surface area (TPSA) is 0 Å². The Morgan fingerprint density at radius 2 is 1.92 bits per heavy atom. The molecule has 0 nitrogen and oxygen atoms in total. The van der Waals surface area contributed by atoms with Gasteiger partial charge in [-0.3, -0.25) is 0 Å². The van der Waals surface area contributed by atoms with Crippen LogP contribution in [0.15, 0.2) is 11.6 Å². The molecule has 0 aliphatic carbocycles. The van der Waals surface area contributed by atoms with Crippen molar-refractivity contribution in [2.24, 2.45) is 5.92 Å². The molecule has 0 saturated carbocycles. The van der Waals surface area contributed by atoms with E-state index in [2.05, 4.69) is 33.8 Å². The van der Waals surface area contributed by atoms with E-state index in [0.717, 1.165) is 5.92 Å². The fraction of sp³-hybridized carbons (Fsp3) is 0.833. The van der Waals surface area contributed by atoms with E-state index < -0.39 is 0 Å². The van der Waals surface area contributed by atoms with Gasteiger partial charge < -0.3 is 0 Å². The fourth-order valence-corrected chi connectivity index (χ4v) is 1.49. The predicted molar refractivity (Wildman–Crippen MR) is 57.4 cm³/mol. The van der Waals surface area contributed by atoms with Crippen molar-refractivity contribution in [3.05, 3.63) is 11.6 Å². The first-order valence-corrected chi connectivity index (χ1v) is 5.42. The molecule has 0 fully saturated rings. The van der Waals surface area contributed by atoms with Crippen LogP contribution in [0.2, 0.25) is 0 Å². The van der Waals surface area contributed by atoms with E-state index in [1.165, 1.54) is 32.1 Å². The van der Waals surface area contributed by atoms with Crippen molar-refractivity contribution in [2.45, 2.75) is 59.8 Å². The molecule has 0 aromatic rings. The molecule has 0 aliphatic heterocycles. The number of allylic oxidation sites excluding steroid dienone is 2. The Labute approximate surface area is 78.1 Å². The molecule has 72 valence electrons. The van der Waals surface area contributed by atoms with Crippen molar-refractivity contribution in [3.63, 3.8) is 0 Å². The summed E-state index contributed by atoms with van der Waals surface area (Å²) >= 11 is 0. The highest BCUT2D eigenvalue weighted by Crippen LogP contribution is 2.18. The third-order valence-corrected chi connectivity index (χ3v) is 2.37. The second kappa shape index (κ2) is 7.39. The highest BCUT2D eigenvalue weighted by atomic mass is 14.1. The van der Waals surface area contributed by atoms with E-state index in [1.54, 1.807) is 5.57 Å². The van der Waals surface area contributed by atoms with Gasteiger partial charge in [-0.1, -0.05) is 52.2 Å². The molecule has 0 N–H and O–H groups in total.